The first-order valence-electron chi connectivity index (χ1n) is 13.8. The molecule has 0 fully saturated rings. The molecule has 2 amide bonds. The molecule has 0 unspecified atom stereocenters. The number of aromatic nitrogens is 2. The van der Waals surface area contributed by atoms with Crippen molar-refractivity contribution in [1.82, 2.24) is 20.6 Å². The fourth-order valence-electron chi connectivity index (χ4n) is 4.41. The first-order chi connectivity index (χ1) is 21.0. The molecule has 230 valence electrons. The van der Waals surface area contributed by atoms with Gasteiger partial charge in [-0.2, -0.15) is 0 Å². The van der Waals surface area contributed by atoms with Crippen molar-refractivity contribution in [2.45, 2.75) is 25.9 Å². The van der Waals surface area contributed by atoms with E-state index in [-0.39, 0.29) is 46.8 Å². The molecule has 0 spiro atoms. The van der Waals surface area contributed by atoms with Crippen molar-refractivity contribution in [2.75, 3.05) is 27.3 Å². The largest absolute Gasteiger partial charge is 0.480 e. The van der Waals surface area contributed by atoms with Crippen molar-refractivity contribution in [3.8, 4) is 45.4 Å². The Morgan fingerprint density at radius 1 is 0.682 bits per heavy atom. The van der Waals surface area contributed by atoms with Crippen molar-refractivity contribution in [2.24, 2.45) is 11.5 Å². The van der Waals surface area contributed by atoms with E-state index < -0.39 is 0 Å². The van der Waals surface area contributed by atoms with Crippen molar-refractivity contribution < 1.29 is 19.1 Å². The second-order valence-electron chi connectivity index (χ2n) is 10.2. The number of hydrogen-bond donors (Lipinski definition) is 4. The molecule has 0 aliphatic heterocycles. The number of hydrogen-bond acceptors (Lipinski definition) is 8. The summed E-state index contributed by atoms with van der Waals surface area (Å²) >= 11 is 13.9. The van der Waals surface area contributed by atoms with Gasteiger partial charge in [0.25, 0.3) is 11.8 Å². The third-order valence-corrected chi connectivity index (χ3v) is 7.42. The number of nitrogens with two attached hydrogens (primary N) is 2. The molecule has 4 rings (SSSR count). The summed E-state index contributed by atoms with van der Waals surface area (Å²) in [7, 11) is 2.89. The summed E-state index contributed by atoms with van der Waals surface area (Å²) in [6, 6.07) is 17.3. The van der Waals surface area contributed by atoms with E-state index in [4.69, 9.17) is 44.1 Å². The molecule has 44 heavy (non-hydrogen) atoms. The van der Waals surface area contributed by atoms with Gasteiger partial charge in [0.05, 0.1) is 35.7 Å². The van der Waals surface area contributed by atoms with Gasteiger partial charge in [-0.15, -0.1) is 0 Å². The van der Waals surface area contributed by atoms with Crippen LogP contribution in [0.1, 0.15) is 34.6 Å². The van der Waals surface area contributed by atoms with E-state index in [9.17, 15) is 9.59 Å². The molecule has 12 heteroatoms. The SMILES string of the molecule is COc1nc(-c2cccc(-c3cccc(-c4ccc(C(=O)NC[C@H](C)N)c(OC)n4)c3Cl)c2Cl)ccc1C(=O)NC[C@H](C)N. The molecule has 2 heterocycles. The summed E-state index contributed by atoms with van der Waals surface area (Å²) in [5.74, 6) is -0.377. The molecular weight excluding hydrogens is 603 g/mol. The predicted octanol–water partition coefficient (Wildman–Crippen LogP) is 4.96. The van der Waals surface area contributed by atoms with Gasteiger partial charge in [0.2, 0.25) is 11.8 Å². The van der Waals surface area contributed by atoms with Crippen molar-refractivity contribution in [3.05, 3.63) is 81.8 Å². The van der Waals surface area contributed by atoms with Crippen LogP contribution in [0.15, 0.2) is 60.7 Å². The van der Waals surface area contributed by atoms with Gasteiger partial charge in [-0.05, 0) is 38.1 Å². The maximum atomic E-state index is 12.7. The smallest absolute Gasteiger partial charge is 0.256 e. The molecule has 6 N–H and O–H groups in total. The quantitative estimate of drug-likeness (QED) is 0.180. The Morgan fingerprint density at radius 2 is 1.05 bits per heavy atom. The maximum absolute atomic E-state index is 12.7. The number of nitrogens with zero attached hydrogens (tertiary/aromatic N) is 2. The summed E-state index contributed by atoms with van der Waals surface area (Å²) in [5.41, 5.74) is 15.6. The van der Waals surface area contributed by atoms with Gasteiger partial charge in [-0.1, -0.05) is 59.6 Å². The lowest BCUT2D eigenvalue weighted by Crippen LogP contribution is -2.35. The predicted molar refractivity (Wildman–Crippen MR) is 173 cm³/mol. The summed E-state index contributed by atoms with van der Waals surface area (Å²) in [5, 5.41) is 6.33. The third kappa shape index (κ3) is 7.28. The van der Waals surface area contributed by atoms with Crippen molar-refractivity contribution >= 4 is 35.0 Å². The Balaban J connectivity index is 1.70. The highest BCUT2D eigenvalue weighted by molar-refractivity contribution is 6.39. The first-order valence-corrected chi connectivity index (χ1v) is 14.6. The number of ether oxygens (including phenoxy) is 2. The second kappa shape index (κ2) is 14.5. The van der Waals surface area contributed by atoms with E-state index in [0.29, 0.717) is 56.8 Å². The lowest BCUT2D eigenvalue weighted by Gasteiger charge is -2.15. The zero-order valence-corrected chi connectivity index (χ0v) is 26.3. The average Bonchev–Trinajstić information content (AvgIpc) is 3.02. The van der Waals surface area contributed by atoms with Crippen LogP contribution in [0.5, 0.6) is 11.8 Å². The van der Waals surface area contributed by atoms with Gasteiger partial charge in [0, 0.05) is 47.4 Å². The van der Waals surface area contributed by atoms with Crippen LogP contribution >= 0.6 is 23.2 Å². The minimum atomic E-state index is -0.342. The van der Waals surface area contributed by atoms with Crippen LogP contribution in [-0.2, 0) is 0 Å². The van der Waals surface area contributed by atoms with E-state index in [1.165, 1.54) is 14.2 Å². The normalized spacial score (nSPS) is 12.3. The molecular formula is C32H34Cl2N6O4. The Hall–Kier alpha value is -4.22. The summed E-state index contributed by atoms with van der Waals surface area (Å²) in [4.78, 5) is 34.4. The number of pyridine rings is 2. The van der Waals surface area contributed by atoms with Crippen molar-refractivity contribution in [3.63, 3.8) is 0 Å². The highest BCUT2D eigenvalue weighted by Gasteiger charge is 2.21. The Labute approximate surface area is 266 Å². The van der Waals surface area contributed by atoms with Gasteiger partial charge >= 0.3 is 0 Å². The van der Waals surface area contributed by atoms with Crippen molar-refractivity contribution in [1.29, 1.82) is 0 Å². The Bertz CT molecular complexity index is 1560. The minimum absolute atomic E-state index is 0.154. The van der Waals surface area contributed by atoms with Crippen LogP contribution in [0, 0.1) is 0 Å². The van der Waals surface area contributed by atoms with Gasteiger partial charge in [0.15, 0.2) is 0 Å². The van der Waals surface area contributed by atoms with Gasteiger partial charge in [-0.25, -0.2) is 9.97 Å². The minimum Gasteiger partial charge on any atom is -0.480 e. The fourth-order valence-corrected chi connectivity index (χ4v) is 5.06. The number of rotatable bonds is 11. The summed E-state index contributed by atoms with van der Waals surface area (Å²) in [6.07, 6.45) is 0. The standard InChI is InChI=1S/C32H34Cl2N6O4/c1-17(35)15-37-29(41)23-11-13-25(39-31(23)43-3)21-9-5-7-19(27(21)33)20-8-6-10-22(28(20)34)26-14-12-24(32(40-26)44-4)30(42)38-16-18(2)36/h5-14,17-18H,15-16,35-36H2,1-4H3,(H,37,41)(H,38,42)/t17-,18-/m0/s1. The maximum Gasteiger partial charge on any atom is 0.256 e. The number of methoxy groups -OCH3 is 2. The molecule has 10 nitrogen and oxygen atoms in total. The monoisotopic (exact) mass is 636 g/mol. The van der Waals surface area contributed by atoms with Crippen LogP contribution in [0.2, 0.25) is 10.0 Å². The number of benzene rings is 2. The highest BCUT2D eigenvalue weighted by atomic mass is 35.5. The molecule has 0 bridgehead atoms. The number of carbonyl (C=O) groups excluding carboxylic acids is 2. The van der Waals surface area contributed by atoms with Crippen LogP contribution in [0.25, 0.3) is 33.6 Å². The Morgan fingerprint density at radius 3 is 1.39 bits per heavy atom. The number of nitrogens with one attached hydrogen (secondary N) is 2. The van der Waals surface area contributed by atoms with Gasteiger partial charge < -0.3 is 31.6 Å². The number of carbonyl (C=O) groups is 2. The van der Waals surface area contributed by atoms with Crippen LogP contribution < -0.4 is 31.6 Å². The molecule has 0 aliphatic carbocycles. The first kappa shape index (κ1) is 32.7. The third-order valence-electron chi connectivity index (χ3n) is 6.61. The van der Waals surface area contributed by atoms with Gasteiger partial charge in [-0.3, -0.25) is 9.59 Å². The fraction of sp³-hybridized carbons (Fsp3) is 0.250. The van der Waals surface area contributed by atoms with E-state index in [2.05, 4.69) is 20.6 Å². The number of amides is 2. The molecule has 0 saturated carbocycles. The van der Waals surface area contributed by atoms with Gasteiger partial charge in [0.1, 0.15) is 11.1 Å². The zero-order valence-electron chi connectivity index (χ0n) is 24.8. The van der Waals surface area contributed by atoms with Crippen LogP contribution in [0.3, 0.4) is 0 Å². The zero-order chi connectivity index (χ0) is 32.0. The van der Waals surface area contributed by atoms with E-state index in [1.54, 1.807) is 38.1 Å². The Kier molecular flexibility index (Phi) is 10.8. The summed E-state index contributed by atoms with van der Waals surface area (Å²) < 4.78 is 10.8. The lowest BCUT2D eigenvalue weighted by molar-refractivity contribution is 0.0939. The highest BCUT2D eigenvalue weighted by Crippen LogP contribution is 2.42. The summed E-state index contributed by atoms with van der Waals surface area (Å²) in [6.45, 7) is 4.22. The second-order valence-corrected chi connectivity index (χ2v) is 11.0. The molecule has 0 saturated heterocycles. The van der Waals surface area contributed by atoms with E-state index >= 15 is 0 Å². The average molecular weight is 638 g/mol. The number of halogens is 2. The molecule has 2 aromatic heterocycles. The topological polar surface area (TPSA) is 154 Å². The molecule has 0 aliphatic rings. The lowest BCUT2D eigenvalue weighted by atomic mass is 9.98. The van der Waals surface area contributed by atoms with Crippen LogP contribution in [-0.4, -0.2) is 61.2 Å². The molecule has 2 aromatic carbocycles. The van der Waals surface area contributed by atoms with E-state index in [1.807, 2.05) is 36.4 Å². The molecule has 2 atom stereocenters. The molecule has 0 radical (unpaired) electrons. The van der Waals surface area contributed by atoms with Crippen LogP contribution in [0.4, 0.5) is 0 Å². The molecule has 4 aromatic rings. The van der Waals surface area contributed by atoms with E-state index in [0.717, 1.165) is 0 Å².